The largest absolute Gasteiger partial charge is 0.394 e. The van der Waals surface area contributed by atoms with Gasteiger partial charge in [-0.05, 0) is 12.8 Å². The highest BCUT2D eigenvalue weighted by Gasteiger charge is 2.07. The molecule has 1 aromatic heterocycles. The normalized spacial score (nSPS) is 13.0. The van der Waals surface area contributed by atoms with Crippen molar-refractivity contribution in [2.75, 3.05) is 18.6 Å². The van der Waals surface area contributed by atoms with Gasteiger partial charge in [0.1, 0.15) is 5.82 Å². The average molecular weight is 198 g/mol. The molecular weight excluding hydrogens is 180 g/mol. The van der Waals surface area contributed by atoms with E-state index in [0.717, 1.165) is 19.4 Å². The third-order valence-electron chi connectivity index (χ3n) is 2.36. The van der Waals surface area contributed by atoms with Gasteiger partial charge in [0.15, 0.2) is 0 Å². The van der Waals surface area contributed by atoms with E-state index < -0.39 is 0 Å². The molecule has 0 fully saturated rings. The smallest absolute Gasteiger partial charge is 0.145 e. The van der Waals surface area contributed by atoms with Crippen LogP contribution in [0.2, 0.25) is 0 Å². The van der Waals surface area contributed by atoms with Crippen molar-refractivity contribution in [2.45, 2.75) is 32.4 Å². The lowest BCUT2D eigenvalue weighted by atomic mass is 10.2. The van der Waals surface area contributed by atoms with Crippen LogP contribution in [0.1, 0.15) is 19.8 Å². The molecule has 1 rings (SSSR count). The van der Waals surface area contributed by atoms with E-state index in [2.05, 4.69) is 12.0 Å². The van der Waals surface area contributed by atoms with Crippen LogP contribution in [0.25, 0.3) is 0 Å². The van der Waals surface area contributed by atoms with E-state index in [1.807, 2.05) is 0 Å². The van der Waals surface area contributed by atoms with Gasteiger partial charge in [0, 0.05) is 13.7 Å². The van der Waals surface area contributed by atoms with Gasteiger partial charge in [-0.15, -0.1) is 0 Å². The zero-order valence-electron chi connectivity index (χ0n) is 8.73. The van der Waals surface area contributed by atoms with Crippen molar-refractivity contribution >= 4 is 11.5 Å². The second-order valence-electron chi connectivity index (χ2n) is 3.26. The van der Waals surface area contributed by atoms with Crippen molar-refractivity contribution in [3.8, 4) is 0 Å². The van der Waals surface area contributed by atoms with Gasteiger partial charge in [0.25, 0.3) is 0 Å². The molecule has 0 saturated carbocycles. The monoisotopic (exact) mass is 198 g/mol. The molecule has 0 aliphatic heterocycles. The Balaban J connectivity index is 2.49. The van der Waals surface area contributed by atoms with Gasteiger partial charge in [0.2, 0.25) is 0 Å². The summed E-state index contributed by atoms with van der Waals surface area (Å²) in [5.41, 5.74) is 11.8. The second-order valence-corrected chi connectivity index (χ2v) is 3.26. The third kappa shape index (κ3) is 2.38. The van der Waals surface area contributed by atoms with Crippen LogP contribution >= 0.6 is 0 Å². The molecule has 14 heavy (non-hydrogen) atoms. The lowest BCUT2D eigenvalue weighted by Crippen LogP contribution is -2.14. The van der Waals surface area contributed by atoms with Gasteiger partial charge in [-0.2, -0.15) is 5.10 Å². The summed E-state index contributed by atoms with van der Waals surface area (Å²) in [7, 11) is 1.72. The summed E-state index contributed by atoms with van der Waals surface area (Å²) in [5, 5.41) is 4.07. The third-order valence-corrected chi connectivity index (χ3v) is 2.36. The first-order chi connectivity index (χ1) is 6.69. The van der Waals surface area contributed by atoms with Crippen LogP contribution in [0.5, 0.6) is 0 Å². The number of ether oxygens (including phenoxy) is 1. The number of hydrogen-bond acceptors (Lipinski definition) is 4. The Hall–Kier alpha value is -1.23. The van der Waals surface area contributed by atoms with Crippen molar-refractivity contribution in [3.05, 3.63) is 6.20 Å². The molecule has 1 unspecified atom stereocenters. The first-order valence-electron chi connectivity index (χ1n) is 4.78. The van der Waals surface area contributed by atoms with Gasteiger partial charge < -0.3 is 16.2 Å². The Kier molecular flexibility index (Phi) is 3.76. The van der Waals surface area contributed by atoms with Gasteiger partial charge in [0.05, 0.1) is 18.0 Å². The quantitative estimate of drug-likeness (QED) is 0.735. The summed E-state index contributed by atoms with van der Waals surface area (Å²) < 4.78 is 6.96. The van der Waals surface area contributed by atoms with Gasteiger partial charge in [-0.25, -0.2) is 4.68 Å². The maximum absolute atomic E-state index is 5.71. The number of aromatic nitrogens is 2. The van der Waals surface area contributed by atoms with Crippen LogP contribution in [-0.4, -0.2) is 23.0 Å². The standard InChI is InChI=1S/C9H18N4O/c1-3-7(14-2)4-5-13-9(11)8(10)6-12-13/h6-7H,3-5,10-11H2,1-2H3. The Bertz CT molecular complexity index is 280. The fraction of sp³-hybridized carbons (Fsp3) is 0.667. The van der Waals surface area contributed by atoms with Gasteiger partial charge >= 0.3 is 0 Å². The summed E-state index contributed by atoms with van der Waals surface area (Å²) in [6.45, 7) is 2.84. The Morgan fingerprint density at radius 3 is 2.71 bits per heavy atom. The van der Waals surface area contributed by atoms with E-state index >= 15 is 0 Å². The number of nitrogens with zero attached hydrogens (tertiary/aromatic N) is 2. The van der Waals surface area contributed by atoms with Gasteiger partial charge in [-0.3, -0.25) is 0 Å². The summed E-state index contributed by atoms with van der Waals surface area (Å²) >= 11 is 0. The van der Waals surface area contributed by atoms with Gasteiger partial charge in [-0.1, -0.05) is 6.92 Å². The molecule has 0 aromatic carbocycles. The molecule has 0 aliphatic rings. The molecule has 80 valence electrons. The molecule has 0 spiro atoms. The molecule has 5 heteroatoms. The minimum absolute atomic E-state index is 0.264. The Labute approximate surface area is 84.0 Å². The summed E-state index contributed by atoms with van der Waals surface area (Å²) in [6.07, 6.45) is 3.73. The van der Waals surface area contributed by atoms with Crippen LogP contribution in [0.3, 0.4) is 0 Å². The molecule has 0 radical (unpaired) electrons. The molecule has 0 bridgehead atoms. The predicted molar refractivity (Wildman–Crippen MR) is 56.8 cm³/mol. The minimum Gasteiger partial charge on any atom is -0.394 e. The molecule has 1 aromatic rings. The topological polar surface area (TPSA) is 79.1 Å². The van der Waals surface area contributed by atoms with Crippen molar-refractivity contribution in [1.29, 1.82) is 0 Å². The predicted octanol–water partition coefficient (Wildman–Crippen LogP) is 0.863. The molecule has 5 nitrogen and oxygen atoms in total. The summed E-state index contributed by atoms with van der Waals surface area (Å²) in [5.74, 6) is 0.538. The summed E-state index contributed by atoms with van der Waals surface area (Å²) in [6, 6.07) is 0. The number of rotatable bonds is 5. The zero-order valence-corrected chi connectivity index (χ0v) is 8.73. The minimum atomic E-state index is 0.264. The Morgan fingerprint density at radius 1 is 1.57 bits per heavy atom. The maximum Gasteiger partial charge on any atom is 0.145 e. The molecule has 4 N–H and O–H groups in total. The number of anilines is 2. The zero-order chi connectivity index (χ0) is 10.6. The lowest BCUT2D eigenvalue weighted by Gasteiger charge is -2.12. The molecular formula is C9H18N4O. The fourth-order valence-corrected chi connectivity index (χ4v) is 1.34. The molecule has 1 heterocycles. The van der Waals surface area contributed by atoms with Crippen LogP contribution in [-0.2, 0) is 11.3 Å². The maximum atomic E-state index is 5.71. The molecule has 1 atom stereocenters. The highest BCUT2D eigenvalue weighted by Crippen LogP contribution is 2.14. The van der Waals surface area contributed by atoms with E-state index in [4.69, 9.17) is 16.2 Å². The lowest BCUT2D eigenvalue weighted by molar-refractivity contribution is 0.0875. The molecule has 0 aliphatic carbocycles. The second kappa shape index (κ2) is 4.85. The first kappa shape index (κ1) is 10.8. The average Bonchev–Trinajstić information content (AvgIpc) is 2.51. The number of nitrogen functional groups attached to an aromatic ring is 2. The first-order valence-corrected chi connectivity index (χ1v) is 4.78. The van der Waals surface area contributed by atoms with E-state index in [-0.39, 0.29) is 6.10 Å². The summed E-state index contributed by atoms with van der Waals surface area (Å²) in [4.78, 5) is 0. The van der Waals surface area contributed by atoms with E-state index in [9.17, 15) is 0 Å². The van der Waals surface area contributed by atoms with Crippen LogP contribution in [0.15, 0.2) is 6.20 Å². The molecule has 0 saturated heterocycles. The van der Waals surface area contributed by atoms with Crippen molar-refractivity contribution in [1.82, 2.24) is 9.78 Å². The van der Waals surface area contributed by atoms with Crippen molar-refractivity contribution in [3.63, 3.8) is 0 Å². The van der Waals surface area contributed by atoms with E-state index in [1.165, 1.54) is 0 Å². The number of methoxy groups -OCH3 is 1. The fourth-order valence-electron chi connectivity index (χ4n) is 1.34. The number of aryl methyl sites for hydroxylation is 1. The molecule has 0 amide bonds. The Morgan fingerprint density at radius 2 is 2.29 bits per heavy atom. The van der Waals surface area contributed by atoms with E-state index in [1.54, 1.807) is 18.0 Å². The highest BCUT2D eigenvalue weighted by atomic mass is 16.5. The van der Waals surface area contributed by atoms with Crippen LogP contribution in [0, 0.1) is 0 Å². The van der Waals surface area contributed by atoms with Crippen molar-refractivity contribution < 1.29 is 4.74 Å². The highest BCUT2D eigenvalue weighted by molar-refractivity contribution is 5.56. The van der Waals surface area contributed by atoms with Crippen LogP contribution < -0.4 is 11.5 Å². The van der Waals surface area contributed by atoms with E-state index in [0.29, 0.717) is 11.5 Å². The SMILES string of the molecule is CCC(CCn1ncc(N)c1N)OC. The van der Waals surface area contributed by atoms with Crippen LogP contribution in [0.4, 0.5) is 11.5 Å². The number of nitrogens with two attached hydrogens (primary N) is 2. The number of hydrogen-bond donors (Lipinski definition) is 2. The van der Waals surface area contributed by atoms with Crippen molar-refractivity contribution in [2.24, 2.45) is 0 Å².